The number of hydrogen-bond donors (Lipinski definition) is 2. The summed E-state index contributed by atoms with van der Waals surface area (Å²) in [5.74, 6) is -0.219. The van der Waals surface area contributed by atoms with Crippen molar-refractivity contribution < 1.29 is 0 Å². The SMILES string of the molecule is CN(C)C(=S)C(C(=S)N(C)C)C(SC(N)=S)SC(N)=S. The van der Waals surface area contributed by atoms with E-state index in [1.807, 2.05) is 38.0 Å². The second-order valence-corrected chi connectivity index (χ2v) is 9.08. The Bertz CT molecular complexity index is 373. The Morgan fingerprint density at radius 1 is 0.800 bits per heavy atom. The Balaban J connectivity index is 5.49. The molecule has 10 heteroatoms. The molecule has 0 saturated carbocycles. The van der Waals surface area contributed by atoms with Gasteiger partial charge < -0.3 is 21.3 Å². The molecule has 4 nitrogen and oxygen atoms in total. The molecule has 0 atom stereocenters. The number of thiocarbonyl (C=S) groups is 4. The van der Waals surface area contributed by atoms with Gasteiger partial charge in [-0.2, -0.15) is 0 Å². The second kappa shape index (κ2) is 9.31. The van der Waals surface area contributed by atoms with Crippen LogP contribution in [0.3, 0.4) is 0 Å². The number of nitrogens with zero attached hydrogens (tertiary/aromatic N) is 2. The molecular formula is C10H18N4S6. The van der Waals surface area contributed by atoms with E-state index in [1.54, 1.807) is 0 Å². The van der Waals surface area contributed by atoms with E-state index in [4.69, 9.17) is 60.3 Å². The molecule has 0 aromatic rings. The standard InChI is InChI=1S/C10H18N4S6/c1-13(2)6(15)5(7(16)14(3)4)8(19-9(11)17)20-10(12)18/h5,8H,1-4H3,(H2,11,17)(H2,12,18). The third-order valence-electron chi connectivity index (χ3n) is 2.15. The Hall–Kier alpha value is 0.260. The normalized spacial score (nSPS) is 10.5. The van der Waals surface area contributed by atoms with Gasteiger partial charge in [-0.15, -0.1) is 0 Å². The highest BCUT2D eigenvalue weighted by molar-refractivity contribution is 8.36. The minimum Gasteiger partial charge on any atom is -0.385 e. The fraction of sp³-hybridized carbons (Fsp3) is 0.600. The molecule has 0 bridgehead atoms. The zero-order valence-corrected chi connectivity index (χ0v) is 16.6. The Morgan fingerprint density at radius 3 is 1.30 bits per heavy atom. The maximum atomic E-state index is 5.64. The fourth-order valence-corrected chi connectivity index (χ4v) is 5.25. The largest absolute Gasteiger partial charge is 0.385 e. The lowest BCUT2D eigenvalue weighted by molar-refractivity contribution is 0.573. The first-order valence-corrected chi connectivity index (χ1v) is 8.81. The highest BCUT2D eigenvalue weighted by atomic mass is 32.2. The zero-order valence-electron chi connectivity index (χ0n) is 11.7. The van der Waals surface area contributed by atoms with Gasteiger partial charge in [0.15, 0.2) is 0 Å². The first-order chi connectivity index (χ1) is 9.07. The van der Waals surface area contributed by atoms with Gasteiger partial charge in [-0.3, -0.25) is 0 Å². The smallest absolute Gasteiger partial charge is 0.132 e. The molecule has 0 aliphatic heterocycles. The van der Waals surface area contributed by atoms with Crippen LogP contribution < -0.4 is 11.5 Å². The van der Waals surface area contributed by atoms with Gasteiger partial charge in [-0.25, -0.2) is 0 Å². The molecule has 0 heterocycles. The summed E-state index contributed by atoms with van der Waals surface area (Å²) in [7, 11) is 7.51. The van der Waals surface area contributed by atoms with E-state index in [2.05, 4.69) is 0 Å². The number of rotatable bonds is 5. The Kier molecular flexibility index (Phi) is 9.43. The monoisotopic (exact) mass is 386 g/mol. The molecule has 0 radical (unpaired) electrons. The van der Waals surface area contributed by atoms with Crippen LogP contribution in [-0.4, -0.2) is 61.2 Å². The topological polar surface area (TPSA) is 58.5 Å². The van der Waals surface area contributed by atoms with Crippen LogP contribution in [-0.2, 0) is 0 Å². The predicted molar refractivity (Wildman–Crippen MR) is 109 cm³/mol. The molecule has 0 aromatic heterocycles. The highest BCUT2D eigenvalue weighted by Gasteiger charge is 2.33. The van der Waals surface area contributed by atoms with Crippen LogP contribution in [0.4, 0.5) is 0 Å². The van der Waals surface area contributed by atoms with Crippen molar-refractivity contribution in [2.24, 2.45) is 17.4 Å². The van der Waals surface area contributed by atoms with E-state index in [1.165, 1.54) is 23.5 Å². The third kappa shape index (κ3) is 6.81. The van der Waals surface area contributed by atoms with Crippen molar-refractivity contribution in [1.82, 2.24) is 9.80 Å². The van der Waals surface area contributed by atoms with Gasteiger partial charge >= 0.3 is 0 Å². The maximum Gasteiger partial charge on any atom is 0.132 e. The summed E-state index contributed by atoms with van der Waals surface area (Å²) >= 11 is 23.6. The van der Waals surface area contributed by atoms with E-state index >= 15 is 0 Å². The number of hydrogen-bond acceptors (Lipinski definition) is 6. The summed E-state index contributed by atoms with van der Waals surface area (Å²) < 4.78 is 0.452. The van der Waals surface area contributed by atoms with Crippen molar-refractivity contribution in [3.63, 3.8) is 0 Å². The third-order valence-corrected chi connectivity index (χ3v) is 6.02. The molecule has 0 rings (SSSR count). The minimum atomic E-state index is -0.219. The van der Waals surface area contributed by atoms with Crippen molar-refractivity contribution in [1.29, 1.82) is 0 Å². The summed E-state index contributed by atoms with van der Waals surface area (Å²) in [5.41, 5.74) is 11.3. The molecule has 0 aliphatic carbocycles. The fourth-order valence-electron chi connectivity index (χ4n) is 1.28. The maximum absolute atomic E-state index is 5.64. The average Bonchev–Trinajstić information content (AvgIpc) is 2.26. The van der Waals surface area contributed by atoms with Gasteiger partial charge in [0.05, 0.1) is 20.5 Å². The first-order valence-electron chi connectivity index (χ1n) is 5.42. The van der Waals surface area contributed by atoms with Gasteiger partial charge in [0.2, 0.25) is 0 Å². The number of thioether (sulfide) groups is 2. The summed E-state index contributed by atoms with van der Waals surface area (Å²) in [4.78, 5) is 5.09. The van der Waals surface area contributed by atoms with E-state index in [-0.39, 0.29) is 10.5 Å². The molecule has 0 saturated heterocycles. The van der Waals surface area contributed by atoms with Crippen LogP contribution in [0.1, 0.15) is 0 Å². The van der Waals surface area contributed by atoms with Crippen LogP contribution in [0.25, 0.3) is 0 Å². The van der Waals surface area contributed by atoms with Crippen molar-refractivity contribution in [2.75, 3.05) is 28.2 Å². The van der Waals surface area contributed by atoms with E-state index < -0.39 is 0 Å². The van der Waals surface area contributed by atoms with E-state index in [9.17, 15) is 0 Å². The van der Waals surface area contributed by atoms with Crippen LogP contribution in [0, 0.1) is 5.92 Å². The molecule has 0 spiro atoms. The van der Waals surface area contributed by atoms with Gasteiger partial charge in [0.1, 0.15) is 8.64 Å². The summed E-state index contributed by atoms with van der Waals surface area (Å²) in [6.07, 6.45) is 0. The highest BCUT2D eigenvalue weighted by Crippen LogP contribution is 2.34. The molecule has 0 aliphatic rings. The Labute approximate surface area is 150 Å². The minimum absolute atomic E-state index is 0.171. The predicted octanol–water partition coefficient (Wildman–Crippen LogP) is 1.66. The van der Waals surface area contributed by atoms with Gasteiger partial charge in [-0.05, 0) is 0 Å². The van der Waals surface area contributed by atoms with E-state index in [0.29, 0.717) is 18.6 Å². The molecule has 20 heavy (non-hydrogen) atoms. The van der Waals surface area contributed by atoms with Gasteiger partial charge in [0, 0.05) is 28.2 Å². The first kappa shape index (κ1) is 20.3. The molecular weight excluding hydrogens is 369 g/mol. The number of nitrogens with two attached hydrogens (primary N) is 2. The Morgan fingerprint density at radius 2 is 1.10 bits per heavy atom. The summed E-state index contributed by atoms with van der Waals surface area (Å²) in [6.45, 7) is 0. The average molecular weight is 387 g/mol. The lowest BCUT2D eigenvalue weighted by atomic mass is 10.1. The quantitative estimate of drug-likeness (QED) is 0.539. The van der Waals surface area contributed by atoms with Crippen molar-refractivity contribution in [3.8, 4) is 0 Å². The van der Waals surface area contributed by atoms with Crippen LogP contribution in [0.15, 0.2) is 0 Å². The van der Waals surface area contributed by atoms with E-state index in [0.717, 1.165) is 0 Å². The van der Waals surface area contributed by atoms with Gasteiger partial charge in [0.25, 0.3) is 0 Å². The molecule has 114 valence electrons. The van der Waals surface area contributed by atoms with Gasteiger partial charge in [-0.1, -0.05) is 72.4 Å². The molecule has 0 fully saturated rings. The zero-order chi connectivity index (χ0) is 16.0. The second-order valence-electron chi connectivity index (χ2n) is 4.19. The van der Waals surface area contributed by atoms with Crippen molar-refractivity contribution >= 4 is 91.0 Å². The molecule has 0 aromatic carbocycles. The molecule has 0 amide bonds. The summed E-state index contributed by atoms with van der Waals surface area (Å²) in [5, 5.41) is 0. The van der Waals surface area contributed by atoms with Crippen molar-refractivity contribution in [3.05, 3.63) is 0 Å². The van der Waals surface area contributed by atoms with Crippen LogP contribution in [0.2, 0.25) is 0 Å². The summed E-state index contributed by atoms with van der Waals surface area (Å²) in [6, 6.07) is 0. The molecule has 0 unspecified atom stereocenters. The lowest BCUT2D eigenvalue weighted by Crippen LogP contribution is -2.43. The van der Waals surface area contributed by atoms with Crippen LogP contribution >= 0.6 is 72.4 Å². The lowest BCUT2D eigenvalue weighted by Gasteiger charge is -2.32. The van der Waals surface area contributed by atoms with Crippen molar-refractivity contribution in [2.45, 2.75) is 4.58 Å². The molecule has 4 N–H and O–H groups in total. The van der Waals surface area contributed by atoms with Crippen LogP contribution in [0.5, 0.6) is 0 Å².